The van der Waals surface area contributed by atoms with Crippen LogP contribution in [0, 0.1) is 11.8 Å². The largest absolute Gasteiger partial charge is 0.452 e. The fourth-order valence-electron chi connectivity index (χ4n) is 1.49. The summed E-state index contributed by atoms with van der Waals surface area (Å²) in [5, 5.41) is 0. The highest BCUT2D eigenvalue weighted by molar-refractivity contribution is 5.97. The molecule has 1 rings (SSSR count). The number of methoxy groups -OCH3 is 1. The van der Waals surface area contributed by atoms with Gasteiger partial charge in [0.2, 0.25) is 0 Å². The number of ketones is 1. The first-order chi connectivity index (χ1) is 7.69. The van der Waals surface area contributed by atoms with E-state index in [0.717, 1.165) is 0 Å². The minimum absolute atomic E-state index is 0.0954. The van der Waals surface area contributed by atoms with Crippen molar-refractivity contribution >= 4 is 11.9 Å². The Kier molecular flexibility index (Phi) is 4.59. The third kappa shape index (κ3) is 3.13. The van der Waals surface area contributed by atoms with Crippen LogP contribution < -0.4 is 0 Å². The van der Waals surface area contributed by atoms with E-state index in [-0.39, 0.29) is 5.78 Å². The van der Waals surface area contributed by atoms with E-state index in [1.165, 1.54) is 12.0 Å². The van der Waals surface area contributed by atoms with Crippen LogP contribution in [0.3, 0.4) is 0 Å². The third-order valence-corrected chi connectivity index (χ3v) is 2.35. The van der Waals surface area contributed by atoms with Crippen molar-refractivity contribution in [2.45, 2.75) is 26.2 Å². The van der Waals surface area contributed by atoms with Gasteiger partial charge < -0.3 is 4.74 Å². The quantitative estimate of drug-likeness (QED) is 0.667. The molecule has 0 N–H and O–H groups in total. The maximum Gasteiger partial charge on any atom is 0.413 e. The van der Waals surface area contributed by atoms with E-state index in [2.05, 4.69) is 16.6 Å². The van der Waals surface area contributed by atoms with Gasteiger partial charge in [0.05, 0.1) is 7.11 Å². The number of carbonyl (C=O) groups excluding carboxylic acids is 2. The first-order valence-electron chi connectivity index (χ1n) is 5.17. The van der Waals surface area contributed by atoms with Crippen molar-refractivity contribution in [2.75, 3.05) is 13.7 Å². The molecule has 0 aromatic heterocycles. The fraction of sp³-hybridized carbons (Fsp3) is 0.500. The molecular formula is C12H15NO3. The van der Waals surface area contributed by atoms with Crippen LogP contribution in [0.2, 0.25) is 0 Å². The summed E-state index contributed by atoms with van der Waals surface area (Å²) in [6, 6.07) is 0. The Labute approximate surface area is 95.3 Å². The second kappa shape index (κ2) is 5.96. The molecule has 0 aromatic rings. The molecule has 86 valence electrons. The lowest BCUT2D eigenvalue weighted by Crippen LogP contribution is -2.32. The molecule has 0 fully saturated rings. The Balaban J connectivity index is 2.69. The Morgan fingerprint density at radius 1 is 1.62 bits per heavy atom. The Bertz CT molecular complexity index is 373. The first-order valence-corrected chi connectivity index (χ1v) is 5.17. The van der Waals surface area contributed by atoms with Crippen molar-refractivity contribution in [1.29, 1.82) is 0 Å². The maximum atomic E-state index is 11.5. The molecule has 4 heteroatoms. The number of nitrogens with zero attached hydrogens (tertiary/aromatic N) is 1. The standard InChI is InChI=1S/C12H15NO3/c1-3-4-5-6-10-9-13(12(15)16-2)8-7-11(10)14/h9H,5-8H2,1-2H3. The topological polar surface area (TPSA) is 46.6 Å². The van der Waals surface area contributed by atoms with Gasteiger partial charge >= 0.3 is 6.09 Å². The molecule has 1 aliphatic heterocycles. The predicted molar refractivity (Wildman–Crippen MR) is 59.5 cm³/mol. The van der Waals surface area contributed by atoms with Gasteiger partial charge in [-0.05, 0) is 13.3 Å². The number of ether oxygens (including phenoxy) is 1. The van der Waals surface area contributed by atoms with E-state index < -0.39 is 6.09 Å². The van der Waals surface area contributed by atoms with Crippen molar-refractivity contribution in [3.8, 4) is 11.8 Å². The van der Waals surface area contributed by atoms with Gasteiger partial charge in [0.1, 0.15) is 0 Å². The lowest BCUT2D eigenvalue weighted by atomic mass is 10.0. The minimum atomic E-state index is -0.424. The molecule has 0 bridgehead atoms. The highest BCUT2D eigenvalue weighted by atomic mass is 16.5. The summed E-state index contributed by atoms with van der Waals surface area (Å²) in [5.74, 6) is 5.77. The SMILES string of the molecule is CC#CCCC1=CN(C(=O)OC)CCC1=O. The number of hydrogen-bond acceptors (Lipinski definition) is 3. The molecule has 0 saturated heterocycles. The second-order valence-corrected chi connectivity index (χ2v) is 3.42. The number of carbonyl (C=O) groups is 2. The van der Waals surface area contributed by atoms with Crippen LogP contribution in [0.5, 0.6) is 0 Å². The molecule has 0 spiro atoms. The van der Waals surface area contributed by atoms with Crippen LogP contribution in [0.1, 0.15) is 26.2 Å². The number of amides is 1. The summed E-state index contributed by atoms with van der Waals surface area (Å²) < 4.78 is 4.60. The lowest BCUT2D eigenvalue weighted by molar-refractivity contribution is -0.116. The van der Waals surface area contributed by atoms with E-state index in [9.17, 15) is 9.59 Å². The Morgan fingerprint density at radius 2 is 2.38 bits per heavy atom. The van der Waals surface area contributed by atoms with Gasteiger partial charge in [-0.3, -0.25) is 9.69 Å². The van der Waals surface area contributed by atoms with Gasteiger partial charge in [-0.2, -0.15) is 0 Å². The van der Waals surface area contributed by atoms with Gasteiger partial charge in [-0.1, -0.05) is 0 Å². The van der Waals surface area contributed by atoms with E-state index in [4.69, 9.17) is 0 Å². The summed E-state index contributed by atoms with van der Waals surface area (Å²) in [5.41, 5.74) is 0.652. The molecule has 0 atom stereocenters. The second-order valence-electron chi connectivity index (χ2n) is 3.42. The molecule has 0 radical (unpaired) electrons. The van der Waals surface area contributed by atoms with E-state index in [1.807, 2.05) is 0 Å². The van der Waals surface area contributed by atoms with Gasteiger partial charge in [0.15, 0.2) is 5.78 Å². The summed E-state index contributed by atoms with van der Waals surface area (Å²) in [6.07, 6.45) is 2.75. The van der Waals surface area contributed by atoms with Gasteiger partial charge in [0, 0.05) is 31.2 Å². The number of Topliss-reactive ketones (excluding diaryl/α,β-unsaturated/α-hetero) is 1. The highest BCUT2D eigenvalue weighted by Gasteiger charge is 2.21. The van der Waals surface area contributed by atoms with E-state index >= 15 is 0 Å². The molecule has 1 aliphatic rings. The lowest BCUT2D eigenvalue weighted by Gasteiger charge is -2.22. The molecule has 0 aliphatic carbocycles. The van der Waals surface area contributed by atoms with Crippen molar-refractivity contribution in [1.82, 2.24) is 4.90 Å². The number of rotatable bonds is 2. The van der Waals surface area contributed by atoms with Crippen LogP contribution in [-0.2, 0) is 9.53 Å². The van der Waals surface area contributed by atoms with E-state index in [0.29, 0.717) is 31.4 Å². The van der Waals surface area contributed by atoms with Crippen LogP contribution >= 0.6 is 0 Å². The van der Waals surface area contributed by atoms with Crippen molar-refractivity contribution < 1.29 is 14.3 Å². The maximum absolute atomic E-state index is 11.5. The Morgan fingerprint density at radius 3 is 3.00 bits per heavy atom. The summed E-state index contributed by atoms with van der Waals surface area (Å²) >= 11 is 0. The van der Waals surface area contributed by atoms with Crippen LogP contribution in [0.15, 0.2) is 11.8 Å². The van der Waals surface area contributed by atoms with Gasteiger partial charge in [0.25, 0.3) is 0 Å². The minimum Gasteiger partial charge on any atom is -0.452 e. The average molecular weight is 221 g/mol. The molecule has 0 saturated carbocycles. The molecule has 16 heavy (non-hydrogen) atoms. The predicted octanol–water partition coefficient (Wildman–Crippen LogP) is 1.72. The zero-order valence-electron chi connectivity index (χ0n) is 9.58. The van der Waals surface area contributed by atoms with Crippen LogP contribution in [0.25, 0.3) is 0 Å². The van der Waals surface area contributed by atoms with Crippen molar-refractivity contribution in [2.24, 2.45) is 0 Å². The fourth-order valence-corrected chi connectivity index (χ4v) is 1.49. The summed E-state index contributed by atoms with van der Waals surface area (Å²) in [7, 11) is 1.33. The number of allylic oxidation sites excluding steroid dienone is 1. The summed E-state index contributed by atoms with van der Waals surface area (Å²) in [4.78, 5) is 24.2. The normalized spacial score (nSPS) is 15.0. The molecule has 1 heterocycles. The molecular weight excluding hydrogens is 206 g/mol. The van der Waals surface area contributed by atoms with Crippen molar-refractivity contribution in [3.63, 3.8) is 0 Å². The molecule has 0 unspecified atom stereocenters. The zero-order chi connectivity index (χ0) is 12.0. The third-order valence-electron chi connectivity index (χ3n) is 2.35. The van der Waals surface area contributed by atoms with Gasteiger partial charge in [-0.25, -0.2) is 4.79 Å². The average Bonchev–Trinajstić information content (AvgIpc) is 2.31. The van der Waals surface area contributed by atoms with E-state index in [1.54, 1.807) is 13.1 Å². The monoisotopic (exact) mass is 221 g/mol. The smallest absolute Gasteiger partial charge is 0.413 e. The van der Waals surface area contributed by atoms with Crippen LogP contribution in [-0.4, -0.2) is 30.4 Å². The van der Waals surface area contributed by atoms with Crippen molar-refractivity contribution in [3.05, 3.63) is 11.8 Å². The Hall–Kier alpha value is -1.76. The highest BCUT2D eigenvalue weighted by Crippen LogP contribution is 2.16. The molecule has 0 aromatic carbocycles. The molecule has 1 amide bonds. The first kappa shape index (κ1) is 12.3. The molecule has 4 nitrogen and oxygen atoms in total. The number of hydrogen-bond donors (Lipinski definition) is 0. The zero-order valence-corrected chi connectivity index (χ0v) is 9.58. The summed E-state index contributed by atoms with van der Waals surface area (Å²) in [6.45, 7) is 2.16. The van der Waals surface area contributed by atoms with Gasteiger partial charge in [-0.15, -0.1) is 11.8 Å². The van der Waals surface area contributed by atoms with Crippen LogP contribution in [0.4, 0.5) is 4.79 Å².